The van der Waals surface area contributed by atoms with Crippen LogP contribution in [0.1, 0.15) is 57.6 Å². The van der Waals surface area contributed by atoms with Gasteiger partial charge in [-0.25, -0.2) is 4.79 Å². The zero-order chi connectivity index (χ0) is 46.2. The van der Waals surface area contributed by atoms with Crippen molar-refractivity contribution in [3.05, 3.63) is 70.9 Å². The van der Waals surface area contributed by atoms with Gasteiger partial charge in [0, 0.05) is 40.0 Å². The minimum atomic E-state index is -1.63. The third-order valence-corrected chi connectivity index (χ3v) is 12.9. The molecule has 344 valence electrons. The van der Waals surface area contributed by atoms with Crippen molar-refractivity contribution < 1.29 is 43.8 Å². The number of nitrogens with one attached hydrogen (secondary N) is 7. The van der Waals surface area contributed by atoms with E-state index in [1.165, 1.54) is 6.92 Å². The summed E-state index contributed by atoms with van der Waals surface area (Å²) in [6.45, 7) is 5.22. The molecule has 8 atom stereocenters. The highest BCUT2D eigenvalue weighted by Crippen LogP contribution is 2.24. The molecule has 21 heteroatoms. The number of carboxylic acids is 1. The Hall–Kier alpha value is -4.86. The number of aliphatic hydroxyl groups excluding tert-OH is 1. The average molecular weight is 933 g/mol. The van der Waals surface area contributed by atoms with E-state index in [0.29, 0.717) is 29.0 Å². The standard InChI is InChI=1S/C42H58ClN9O9S2/c1-22(2)16-31-38(56)49-32(18-25-19-46-29-9-5-4-8-27(25)29)39(57)47-30(10-6-7-15-44)37(55)52-35(23(3)53)41(59)51-34(42(60)61)21-63-62-20-33(40(58)48-31)50-36(54)28(45)17-24-11-13-26(43)14-12-24/h4-5,8-9,11-14,19,22-23,28,30-35,46,53H,6-7,10,15-18,20-21,44-45H2,1-3H3,(H,47,57)(H,48,58)(H,49,56)(H,50,54)(H,51,59)(H,52,55)(H,60,61)/t23-,28+,30+,31+,32-,33-,34+,35+/m1/s1. The van der Waals surface area contributed by atoms with Crippen LogP contribution >= 0.6 is 33.2 Å². The maximum Gasteiger partial charge on any atom is 0.327 e. The van der Waals surface area contributed by atoms with Crippen LogP contribution in [0.2, 0.25) is 5.02 Å². The van der Waals surface area contributed by atoms with Gasteiger partial charge in [0.05, 0.1) is 12.1 Å². The van der Waals surface area contributed by atoms with Crippen molar-refractivity contribution in [2.24, 2.45) is 17.4 Å². The number of carboxylic acid groups (broad SMARTS) is 1. The third-order valence-electron chi connectivity index (χ3n) is 10.2. The molecule has 13 N–H and O–H groups in total. The lowest BCUT2D eigenvalue weighted by Crippen LogP contribution is -2.61. The monoisotopic (exact) mass is 931 g/mol. The van der Waals surface area contributed by atoms with Crippen molar-refractivity contribution in [1.29, 1.82) is 0 Å². The van der Waals surface area contributed by atoms with Crippen molar-refractivity contribution in [2.75, 3.05) is 18.1 Å². The molecule has 0 radical (unpaired) electrons. The second-order valence-corrected chi connectivity index (χ2v) is 18.8. The highest BCUT2D eigenvalue weighted by molar-refractivity contribution is 8.76. The summed E-state index contributed by atoms with van der Waals surface area (Å²) in [4.78, 5) is 99.2. The molecule has 2 aromatic carbocycles. The molecule has 1 aromatic heterocycles. The van der Waals surface area contributed by atoms with Crippen molar-refractivity contribution in [2.45, 2.75) is 108 Å². The van der Waals surface area contributed by atoms with Crippen LogP contribution in [0.15, 0.2) is 54.7 Å². The van der Waals surface area contributed by atoms with Gasteiger partial charge in [0.1, 0.15) is 36.3 Å². The highest BCUT2D eigenvalue weighted by Gasteiger charge is 2.36. The number of benzene rings is 2. The van der Waals surface area contributed by atoms with Gasteiger partial charge in [-0.15, -0.1) is 0 Å². The van der Waals surface area contributed by atoms with Crippen LogP contribution in [0.25, 0.3) is 10.9 Å². The first-order chi connectivity index (χ1) is 30.0. The molecule has 18 nitrogen and oxygen atoms in total. The van der Waals surface area contributed by atoms with E-state index in [1.807, 2.05) is 38.1 Å². The zero-order valence-corrected chi connectivity index (χ0v) is 37.7. The summed E-state index contributed by atoms with van der Waals surface area (Å²) in [6.07, 6.45) is 1.32. The predicted molar refractivity (Wildman–Crippen MR) is 243 cm³/mol. The number of para-hydroxylation sites is 1. The Kier molecular flexibility index (Phi) is 20.0. The number of aromatic amines is 1. The van der Waals surface area contributed by atoms with Crippen LogP contribution in [-0.2, 0) is 46.4 Å². The predicted octanol–water partition coefficient (Wildman–Crippen LogP) is 0.878. The van der Waals surface area contributed by atoms with Crippen LogP contribution in [0.5, 0.6) is 0 Å². The van der Waals surface area contributed by atoms with Gasteiger partial charge in [0.15, 0.2) is 0 Å². The molecule has 1 saturated heterocycles. The molecule has 1 fully saturated rings. The second kappa shape index (κ2) is 24.8. The van der Waals surface area contributed by atoms with E-state index < -0.39 is 89.8 Å². The lowest BCUT2D eigenvalue weighted by atomic mass is 10.00. The number of halogens is 1. The Morgan fingerprint density at radius 3 is 2.13 bits per heavy atom. The number of H-pyrrole nitrogens is 1. The van der Waals surface area contributed by atoms with Gasteiger partial charge < -0.3 is 58.6 Å². The molecule has 2 heterocycles. The Balaban J connectivity index is 1.73. The number of rotatable bonds is 14. The Morgan fingerprint density at radius 2 is 1.46 bits per heavy atom. The minimum Gasteiger partial charge on any atom is -0.480 e. The number of hydrogen-bond donors (Lipinski definition) is 11. The minimum absolute atomic E-state index is 0.0472. The Labute approximate surface area is 378 Å². The van der Waals surface area contributed by atoms with Gasteiger partial charge in [-0.2, -0.15) is 0 Å². The number of hydrogen-bond acceptors (Lipinski definition) is 12. The van der Waals surface area contributed by atoms with E-state index in [2.05, 4.69) is 36.9 Å². The fourth-order valence-electron chi connectivity index (χ4n) is 6.77. The number of aliphatic hydroxyl groups is 1. The summed E-state index contributed by atoms with van der Waals surface area (Å²) in [6, 6.07) is 4.78. The molecular formula is C42H58ClN9O9S2. The molecular weight excluding hydrogens is 874 g/mol. The largest absolute Gasteiger partial charge is 0.480 e. The first kappa shape index (κ1) is 50.8. The molecule has 63 heavy (non-hydrogen) atoms. The lowest BCUT2D eigenvalue weighted by Gasteiger charge is -2.29. The summed E-state index contributed by atoms with van der Waals surface area (Å²) in [5, 5.41) is 37.7. The molecule has 1 aliphatic rings. The Bertz CT molecular complexity index is 2060. The van der Waals surface area contributed by atoms with Crippen LogP contribution in [-0.4, -0.2) is 123 Å². The fraction of sp³-hybridized carbons (Fsp3) is 0.500. The molecule has 4 rings (SSSR count). The van der Waals surface area contributed by atoms with Gasteiger partial charge in [-0.05, 0) is 80.8 Å². The quantitative estimate of drug-likeness (QED) is 0.0792. The van der Waals surface area contributed by atoms with Crippen molar-refractivity contribution >= 4 is 85.5 Å². The van der Waals surface area contributed by atoms with Gasteiger partial charge in [-0.1, -0.05) is 77.4 Å². The maximum atomic E-state index is 14.4. The van der Waals surface area contributed by atoms with E-state index >= 15 is 0 Å². The third kappa shape index (κ3) is 15.7. The number of unbranched alkanes of at least 4 members (excludes halogenated alkanes) is 1. The molecule has 1 aliphatic heterocycles. The van der Waals surface area contributed by atoms with Crippen LogP contribution < -0.4 is 43.4 Å². The topological polar surface area (TPSA) is 300 Å². The summed E-state index contributed by atoms with van der Waals surface area (Å²) in [5.74, 6) is -6.65. The summed E-state index contributed by atoms with van der Waals surface area (Å²) < 4.78 is 0. The molecule has 3 aromatic rings. The van der Waals surface area contributed by atoms with Crippen molar-refractivity contribution in [3.8, 4) is 0 Å². The number of amides is 6. The summed E-state index contributed by atoms with van der Waals surface area (Å²) in [5.41, 5.74) is 14.2. The molecule has 0 spiro atoms. The number of fused-ring (bicyclic) bond motifs is 1. The molecule has 0 aliphatic carbocycles. The van der Waals surface area contributed by atoms with Gasteiger partial charge >= 0.3 is 5.97 Å². The van der Waals surface area contributed by atoms with E-state index in [0.717, 1.165) is 32.5 Å². The van der Waals surface area contributed by atoms with Gasteiger partial charge in [0.2, 0.25) is 35.4 Å². The van der Waals surface area contributed by atoms with Crippen LogP contribution in [0.3, 0.4) is 0 Å². The molecule has 0 saturated carbocycles. The van der Waals surface area contributed by atoms with E-state index in [9.17, 15) is 43.8 Å². The van der Waals surface area contributed by atoms with E-state index in [-0.39, 0.29) is 49.7 Å². The van der Waals surface area contributed by atoms with Crippen molar-refractivity contribution in [1.82, 2.24) is 36.9 Å². The van der Waals surface area contributed by atoms with Crippen LogP contribution in [0, 0.1) is 5.92 Å². The number of nitrogens with two attached hydrogens (primary N) is 2. The zero-order valence-electron chi connectivity index (χ0n) is 35.4. The molecule has 0 bridgehead atoms. The lowest BCUT2D eigenvalue weighted by molar-refractivity contribution is -0.142. The van der Waals surface area contributed by atoms with Gasteiger partial charge in [0.25, 0.3) is 0 Å². The normalized spacial score (nSPS) is 23.4. The maximum absolute atomic E-state index is 14.4. The first-order valence-corrected chi connectivity index (χ1v) is 23.6. The first-order valence-electron chi connectivity index (χ1n) is 20.7. The summed E-state index contributed by atoms with van der Waals surface area (Å²) >= 11 is 6.01. The smallest absolute Gasteiger partial charge is 0.327 e. The van der Waals surface area contributed by atoms with Crippen molar-refractivity contribution in [3.63, 3.8) is 0 Å². The van der Waals surface area contributed by atoms with E-state index in [4.69, 9.17) is 23.1 Å². The molecule has 0 unspecified atom stereocenters. The Morgan fingerprint density at radius 1 is 0.825 bits per heavy atom. The highest BCUT2D eigenvalue weighted by atomic mass is 35.5. The molecule has 6 amide bonds. The second-order valence-electron chi connectivity index (χ2n) is 15.9. The fourth-order valence-corrected chi connectivity index (χ4v) is 9.21. The summed E-state index contributed by atoms with van der Waals surface area (Å²) in [7, 11) is 2.00. The van der Waals surface area contributed by atoms with Crippen LogP contribution in [0.4, 0.5) is 0 Å². The number of carbonyl (C=O) groups is 7. The number of carbonyl (C=O) groups excluding carboxylic acids is 6. The SMILES string of the molecule is CC(C)C[C@@H]1NC(=O)[C@H](NC(=O)[C@@H](N)Cc2ccc(Cl)cc2)CSSC[C@@H](C(=O)O)NC(=O)[C@H]([C@@H](C)O)NC(=O)[C@H](CCCCN)NC(=O)[C@@H](Cc2c[nH]c3ccccc23)NC1=O. The average Bonchev–Trinajstić information content (AvgIpc) is 3.64. The number of aromatic nitrogens is 1. The van der Waals surface area contributed by atoms with Gasteiger partial charge in [-0.3, -0.25) is 28.8 Å². The van der Waals surface area contributed by atoms with E-state index in [1.54, 1.807) is 30.5 Å². The number of aliphatic carboxylic acids is 1.